The molecule has 1 unspecified atom stereocenters. The Morgan fingerprint density at radius 3 is 2.52 bits per heavy atom. The number of rotatable bonds is 4. The van der Waals surface area contributed by atoms with Gasteiger partial charge < -0.3 is 9.47 Å². The Labute approximate surface area is 193 Å². The van der Waals surface area contributed by atoms with Crippen LogP contribution in [0.2, 0.25) is 5.02 Å². The second-order valence-corrected chi connectivity index (χ2v) is 8.56. The van der Waals surface area contributed by atoms with E-state index in [2.05, 4.69) is 4.57 Å². The normalized spacial score (nSPS) is 16.7. The molecule has 0 radical (unpaired) electrons. The fourth-order valence-electron chi connectivity index (χ4n) is 4.32. The van der Waals surface area contributed by atoms with Gasteiger partial charge in [0.2, 0.25) is 5.91 Å². The first-order valence-electron chi connectivity index (χ1n) is 10.5. The lowest BCUT2D eigenvalue weighted by molar-refractivity contribution is -0.137. The number of fused-ring (bicyclic) bond motifs is 1. The molecule has 0 saturated carbocycles. The number of carbonyl (C=O) groups excluding carboxylic acids is 1. The minimum Gasteiger partial charge on any atom is -0.323 e. The molecule has 8 heteroatoms. The first-order valence-corrected chi connectivity index (χ1v) is 10.8. The van der Waals surface area contributed by atoms with E-state index >= 15 is 0 Å². The first kappa shape index (κ1) is 21.5. The highest BCUT2D eigenvalue weighted by Crippen LogP contribution is 2.36. The van der Waals surface area contributed by atoms with E-state index in [1.54, 1.807) is 0 Å². The van der Waals surface area contributed by atoms with Crippen LogP contribution in [0.25, 0.3) is 11.0 Å². The quantitative estimate of drug-likeness (QED) is 0.353. The Balaban J connectivity index is 1.50. The van der Waals surface area contributed by atoms with Crippen LogP contribution in [0.15, 0.2) is 72.8 Å². The van der Waals surface area contributed by atoms with Gasteiger partial charge in [-0.05, 0) is 48.0 Å². The average Bonchev–Trinajstić information content (AvgIpc) is 3.35. The van der Waals surface area contributed by atoms with Gasteiger partial charge in [-0.3, -0.25) is 4.79 Å². The lowest BCUT2D eigenvalue weighted by atomic mass is 10.1. The van der Waals surface area contributed by atoms with Crippen molar-refractivity contribution in [3.63, 3.8) is 0 Å². The van der Waals surface area contributed by atoms with Crippen LogP contribution < -0.4 is 4.90 Å². The molecule has 0 bridgehead atoms. The van der Waals surface area contributed by atoms with Gasteiger partial charge in [0.15, 0.2) is 0 Å². The smallest absolute Gasteiger partial charge is 0.323 e. The van der Waals surface area contributed by atoms with Crippen molar-refractivity contribution in [2.75, 3.05) is 11.4 Å². The maximum Gasteiger partial charge on any atom is 0.416 e. The van der Waals surface area contributed by atoms with Crippen molar-refractivity contribution in [2.24, 2.45) is 0 Å². The summed E-state index contributed by atoms with van der Waals surface area (Å²) in [6.07, 6.45) is -4.29. The van der Waals surface area contributed by atoms with E-state index in [0.29, 0.717) is 11.6 Å². The van der Waals surface area contributed by atoms with E-state index in [4.69, 9.17) is 16.6 Å². The summed E-state index contributed by atoms with van der Waals surface area (Å²) in [7, 11) is 0. The topological polar surface area (TPSA) is 38.1 Å². The maximum absolute atomic E-state index is 13.2. The zero-order valence-corrected chi connectivity index (χ0v) is 18.1. The van der Waals surface area contributed by atoms with Gasteiger partial charge in [0, 0.05) is 36.1 Å². The number of imidazole rings is 1. The fraction of sp³-hybridized carbons (Fsp3) is 0.200. The summed E-state index contributed by atoms with van der Waals surface area (Å²) in [6.45, 7) is 0.811. The number of amides is 1. The molecule has 1 amide bonds. The van der Waals surface area contributed by atoms with Crippen molar-refractivity contribution in [2.45, 2.75) is 25.1 Å². The predicted octanol–water partition coefficient (Wildman–Crippen LogP) is 6.28. The van der Waals surface area contributed by atoms with E-state index in [9.17, 15) is 18.0 Å². The first-order chi connectivity index (χ1) is 15.8. The monoisotopic (exact) mass is 469 g/mol. The molecule has 3 aromatic carbocycles. The van der Waals surface area contributed by atoms with Gasteiger partial charge in [-0.1, -0.05) is 41.9 Å². The highest BCUT2D eigenvalue weighted by molar-refractivity contribution is 6.30. The van der Waals surface area contributed by atoms with Crippen molar-refractivity contribution in [1.82, 2.24) is 9.55 Å². The number of hydrogen-bond acceptors (Lipinski definition) is 2. The van der Waals surface area contributed by atoms with E-state index < -0.39 is 11.7 Å². The maximum atomic E-state index is 13.2. The van der Waals surface area contributed by atoms with Crippen molar-refractivity contribution in [3.05, 3.63) is 94.8 Å². The molecule has 168 valence electrons. The molecule has 1 atom stereocenters. The second-order valence-electron chi connectivity index (χ2n) is 8.12. The van der Waals surface area contributed by atoms with E-state index in [-0.39, 0.29) is 30.5 Å². The number of hydrogen-bond donors (Lipinski definition) is 0. The molecule has 33 heavy (non-hydrogen) atoms. The van der Waals surface area contributed by atoms with Crippen molar-refractivity contribution in [1.29, 1.82) is 0 Å². The highest BCUT2D eigenvalue weighted by atomic mass is 35.5. The van der Waals surface area contributed by atoms with Gasteiger partial charge >= 0.3 is 6.18 Å². The number of benzene rings is 3. The zero-order valence-electron chi connectivity index (χ0n) is 17.4. The minimum atomic E-state index is -4.47. The molecule has 1 aliphatic rings. The van der Waals surface area contributed by atoms with Crippen LogP contribution in [-0.2, 0) is 17.5 Å². The molecule has 1 fully saturated rings. The van der Waals surface area contributed by atoms with Crippen LogP contribution >= 0.6 is 11.6 Å². The summed E-state index contributed by atoms with van der Waals surface area (Å²) >= 11 is 6.02. The molecule has 1 aliphatic heterocycles. The van der Waals surface area contributed by atoms with Gasteiger partial charge in [0.25, 0.3) is 0 Å². The predicted molar refractivity (Wildman–Crippen MR) is 121 cm³/mol. The molecule has 4 nitrogen and oxygen atoms in total. The standard InChI is InChI=1S/C25H19ClF3N3O/c26-19-10-8-16(9-11-19)14-32-22-7-2-1-6-21(22)30-24(32)17-12-23(33)31(15-17)20-5-3-4-18(13-20)25(27,28)29/h1-11,13,17H,12,14-15H2. The highest BCUT2D eigenvalue weighted by Gasteiger charge is 2.36. The Morgan fingerprint density at radius 2 is 1.76 bits per heavy atom. The number of anilines is 1. The van der Waals surface area contributed by atoms with Crippen LogP contribution in [0.4, 0.5) is 18.9 Å². The Kier molecular flexibility index (Phi) is 5.37. The third-order valence-electron chi connectivity index (χ3n) is 5.91. The van der Waals surface area contributed by atoms with Gasteiger partial charge in [-0.2, -0.15) is 13.2 Å². The molecule has 1 saturated heterocycles. The summed E-state index contributed by atoms with van der Waals surface area (Å²) in [5.74, 6) is 0.283. The molecule has 5 rings (SSSR count). The largest absolute Gasteiger partial charge is 0.416 e. The van der Waals surface area contributed by atoms with E-state index in [1.165, 1.54) is 17.0 Å². The number of carbonyl (C=O) groups is 1. The summed E-state index contributed by atoms with van der Waals surface area (Å²) in [6, 6.07) is 20.1. The van der Waals surface area contributed by atoms with Crippen LogP contribution in [0.5, 0.6) is 0 Å². The average molecular weight is 470 g/mol. The molecule has 0 spiro atoms. The molecule has 1 aromatic heterocycles. The van der Waals surface area contributed by atoms with Gasteiger partial charge in [-0.25, -0.2) is 4.98 Å². The lowest BCUT2D eigenvalue weighted by Gasteiger charge is -2.19. The molecule has 2 heterocycles. The molecular weight excluding hydrogens is 451 g/mol. The molecular formula is C25H19ClF3N3O. The van der Waals surface area contributed by atoms with Crippen LogP contribution in [-0.4, -0.2) is 22.0 Å². The number of alkyl halides is 3. The van der Waals surface area contributed by atoms with Gasteiger partial charge in [0.05, 0.1) is 16.6 Å². The molecule has 4 aromatic rings. The molecule has 0 aliphatic carbocycles. The van der Waals surface area contributed by atoms with Crippen molar-refractivity contribution < 1.29 is 18.0 Å². The Bertz CT molecular complexity index is 1330. The summed E-state index contributed by atoms with van der Waals surface area (Å²) in [4.78, 5) is 19.1. The van der Waals surface area contributed by atoms with Gasteiger partial charge in [0.1, 0.15) is 5.82 Å². The lowest BCUT2D eigenvalue weighted by Crippen LogP contribution is -2.25. The Morgan fingerprint density at radius 1 is 1.00 bits per heavy atom. The number of halogens is 4. The SMILES string of the molecule is O=C1CC(c2nc3ccccc3n2Cc2ccc(Cl)cc2)CN1c1cccc(C(F)(F)F)c1. The van der Waals surface area contributed by atoms with Crippen molar-refractivity contribution in [3.8, 4) is 0 Å². The number of aromatic nitrogens is 2. The van der Waals surface area contributed by atoms with Gasteiger partial charge in [-0.15, -0.1) is 0 Å². The minimum absolute atomic E-state index is 0.181. The number of nitrogens with zero attached hydrogens (tertiary/aromatic N) is 3. The number of para-hydroxylation sites is 2. The third-order valence-corrected chi connectivity index (χ3v) is 6.17. The Hall–Kier alpha value is -3.32. The molecule has 0 N–H and O–H groups in total. The van der Waals surface area contributed by atoms with Crippen molar-refractivity contribution >= 4 is 34.2 Å². The van der Waals surface area contributed by atoms with Crippen LogP contribution in [0.3, 0.4) is 0 Å². The summed E-state index contributed by atoms with van der Waals surface area (Å²) in [5.41, 5.74) is 2.26. The summed E-state index contributed by atoms with van der Waals surface area (Å²) in [5, 5.41) is 0.646. The summed E-state index contributed by atoms with van der Waals surface area (Å²) < 4.78 is 41.6. The zero-order chi connectivity index (χ0) is 23.2. The van der Waals surface area contributed by atoms with E-state index in [0.717, 1.165) is 34.6 Å². The third kappa shape index (κ3) is 4.20. The van der Waals surface area contributed by atoms with E-state index in [1.807, 2.05) is 48.5 Å². The fourth-order valence-corrected chi connectivity index (χ4v) is 4.45. The van der Waals surface area contributed by atoms with Crippen LogP contribution in [0, 0.1) is 0 Å². The second kappa shape index (κ2) is 8.23. The van der Waals surface area contributed by atoms with Crippen LogP contribution in [0.1, 0.15) is 29.3 Å².